The number of fused-ring (bicyclic) bond motifs is 1. The van der Waals surface area contributed by atoms with Gasteiger partial charge in [-0.15, -0.1) is 0 Å². The summed E-state index contributed by atoms with van der Waals surface area (Å²) in [6.45, 7) is 2.10. The number of amides is 1. The molecule has 0 aliphatic rings. The summed E-state index contributed by atoms with van der Waals surface area (Å²) < 4.78 is 10.4. The van der Waals surface area contributed by atoms with Gasteiger partial charge in [0, 0.05) is 5.69 Å². The van der Waals surface area contributed by atoms with E-state index in [9.17, 15) is 9.59 Å². The topological polar surface area (TPSA) is 93.3 Å². The zero-order valence-electron chi connectivity index (χ0n) is 13.6. The van der Waals surface area contributed by atoms with Crippen molar-refractivity contribution in [1.82, 2.24) is 9.97 Å². The maximum atomic E-state index is 12.0. The van der Waals surface area contributed by atoms with Crippen LogP contribution in [-0.2, 0) is 9.53 Å². The lowest BCUT2D eigenvalue weighted by atomic mass is 10.2. The van der Waals surface area contributed by atoms with Gasteiger partial charge in [0.25, 0.3) is 5.91 Å². The fourth-order valence-corrected chi connectivity index (χ4v) is 2.28. The number of carbonyl (C=O) groups is 2. The molecule has 3 aromatic rings. The Labute approximate surface area is 144 Å². The maximum absolute atomic E-state index is 12.0. The van der Waals surface area contributed by atoms with Crippen molar-refractivity contribution in [2.75, 3.05) is 18.5 Å². The Morgan fingerprint density at radius 3 is 2.72 bits per heavy atom. The van der Waals surface area contributed by atoms with E-state index in [0.29, 0.717) is 17.9 Å². The van der Waals surface area contributed by atoms with Crippen molar-refractivity contribution in [3.05, 3.63) is 54.4 Å². The number of nitrogens with one attached hydrogen (secondary N) is 2. The number of imidazole rings is 1. The number of hydrogen-bond acceptors (Lipinski definition) is 5. The molecule has 0 spiro atoms. The van der Waals surface area contributed by atoms with Crippen LogP contribution in [0.25, 0.3) is 11.0 Å². The van der Waals surface area contributed by atoms with Gasteiger partial charge in [-0.05, 0) is 49.4 Å². The number of anilines is 1. The lowest BCUT2D eigenvalue weighted by Crippen LogP contribution is -2.20. The summed E-state index contributed by atoms with van der Waals surface area (Å²) in [7, 11) is 0. The van der Waals surface area contributed by atoms with Gasteiger partial charge in [0.2, 0.25) is 0 Å². The first-order valence-electron chi connectivity index (χ1n) is 7.78. The molecule has 1 heterocycles. The van der Waals surface area contributed by atoms with Gasteiger partial charge in [-0.2, -0.15) is 0 Å². The van der Waals surface area contributed by atoms with Crippen molar-refractivity contribution in [3.63, 3.8) is 0 Å². The van der Waals surface area contributed by atoms with E-state index in [1.165, 1.54) is 0 Å². The predicted octanol–water partition coefficient (Wildman–Crippen LogP) is 2.76. The summed E-state index contributed by atoms with van der Waals surface area (Å²) in [5.74, 6) is -0.264. The molecule has 0 atom stereocenters. The minimum atomic E-state index is -0.571. The number of H-pyrrole nitrogens is 1. The van der Waals surface area contributed by atoms with Gasteiger partial charge >= 0.3 is 5.97 Å². The minimum absolute atomic E-state index is 0.352. The molecule has 0 saturated carbocycles. The smallest absolute Gasteiger partial charge is 0.338 e. The highest BCUT2D eigenvalue weighted by atomic mass is 16.5. The van der Waals surface area contributed by atoms with Crippen LogP contribution in [0.1, 0.15) is 17.3 Å². The van der Waals surface area contributed by atoms with Gasteiger partial charge in [-0.25, -0.2) is 9.78 Å². The second kappa shape index (κ2) is 7.48. The first-order chi connectivity index (χ1) is 12.2. The van der Waals surface area contributed by atoms with E-state index in [0.717, 1.165) is 16.8 Å². The van der Waals surface area contributed by atoms with Crippen LogP contribution in [0.5, 0.6) is 5.75 Å². The van der Waals surface area contributed by atoms with E-state index < -0.39 is 11.9 Å². The van der Waals surface area contributed by atoms with E-state index in [1.807, 2.05) is 6.92 Å². The largest absolute Gasteiger partial charge is 0.494 e. The molecule has 1 amide bonds. The summed E-state index contributed by atoms with van der Waals surface area (Å²) in [4.78, 5) is 30.9. The summed E-state index contributed by atoms with van der Waals surface area (Å²) in [6, 6.07) is 11.9. The first-order valence-corrected chi connectivity index (χ1v) is 7.78. The molecular formula is C18H17N3O4. The average Bonchev–Trinajstić information content (AvgIpc) is 3.09. The van der Waals surface area contributed by atoms with Gasteiger partial charge in [0.1, 0.15) is 5.75 Å². The highest BCUT2D eigenvalue weighted by Gasteiger charge is 2.11. The van der Waals surface area contributed by atoms with Crippen LogP contribution in [0.15, 0.2) is 48.8 Å². The van der Waals surface area contributed by atoms with E-state index in [4.69, 9.17) is 9.47 Å². The molecule has 0 saturated heterocycles. The fourth-order valence-electron chi connectivity index (χ4n) is 2.28. The van der Waals surface area contributed by atoms with E-state index in [2.05, 4.69) is 15.3 Å². The summed E-state index contributed by atoms with van der Waals surface area (Å²) in [5, 5.41) is 2.66. The van der Waals surface area contributed by atoms with Gasteiger partial charge < -0.3 is 19.8 Å². The molecule has 128 valence electrons. The van der Waals surface area contributed by atoms with Crippen LogP contribution in [0.2, 0.25) is 0 Å². The number of nitrogens with zero attached hydrogens (tertiary/aromatic N) is 1. The van der Waals surface area contributed by atoms with Crippen LogP contribution < -0.4 is 10.1 Å². The minimum Gasteiger partial charge on any atom is -0.494 e. The predicted molar refractivity (Wildman–Crippen MR) is 92.6 cm³/mol. The molecule has 0 bridgehead atoms. The zero-order chi connectivity index (χ0) is 17.6. The molecule has 25 heavy (non-hydrogen) atoms. The Balaban J connectivity index is 1.53. The van der Waals surface area contributed by atoms with Crippen LogP contribution in [0, 0.1) is 0 Å². The van der Waals surface area contributed by atoms with E-state index >= 15 is 0 Å². The second-order valence-corrected chi connectivity index (χ2v) is 5.22. The Bertz CT molecular complexity index is 887. The van der Waals surface area contributed by atoms with Crippen molar-refractivity contribution in [2.24, 2.45) is 0 Å². The van der Waals surface area contributed by atoms with Gasteiger partial charge in [0.15, 0.2) is 6.61 Å². The van der Waals surface area contributed by atoms with Crippen molar-refractivity contribution in [3.8, 4) is 5.75 Å². The van der Waals surface area contributed by atoms with E-state index in [1.54, 1.807) is 48.8 Å². The Kier molecular flexibility index (Phi) is 4.94. The Morgan fingerprint density at radius 2 is 1.96 bits per heavy atom. The highest BCUT2D eigenvalue weighted by Crippen LogP contribution is 2.16. The third kappa shape index (κ3) is 4.14. The molecule has 0 aliphatic heterocycles. The Morgan fingerprint density at radius 1 is 1.16 bits per heavy atom. The SMILES string of the molecule is CCOc1ccc(NC(=O)COC(=O)c2ccc3nc[nH]c3c2)cc1. The fraction of sp³-hybridized carbons (Fsp3) is 0.167. The van der Waals surface area contributed by atoms with Crippen LogP contribution in [-0.4, -0.2) is 35.1 Å². The lowest BCUT2D eigenvalue weighted by molar-refractivity contribution is -0.119. The van der Waals surface area contributed by atoms with E-state index in [-0.39, 0.29) is 6.61 Å². The summed E-state index contributed by atoms with van der Waals surface area (Å²) in [6.07, 6.45) is 1.55. The van der Waals surface area contributed by atoms with Crippen molar-refractivity contribution < 1.29 is 19.1 Å². The van der Waals surface area contributed by atoms with Crippen LogP contribution in [0.4, 0.5) is 5.69 Å². The quantitative estimate of drug-likeness (QED) is 0.674. The van der Waals surface area contributed by atoms with Gasteiger partial charge in [0.05, 0.1) is 29.5 Å². The molecule has 0 unspecified atom stereocenters. The molecule has 2 N–H and O–H groups in total. The van der Waals surface area contributed by atoms with Crippen molar-refractivity contribution in [1.29, 1.82) is 0 Å². The maximum Gasteiger partial charge on any atom is 0.338 e. The molecule has 0 fully saturated rings. The van der Waals surface area contributed by atoms with Crippen LogP contribution >= 0.6 is 0 Å². The molecule has 3 rings (SSSR count). The van der Waals surface area contributed by atoms with Gasteiger partial charge in [-0.3, -0.25) is 4.79 Å². The molecule has 1 aromatic heterocycles. The first kappa shape index (κ1) is 16.5. The highest BCUT2D eigenvalue weighted by molar-refractivity contribution is 5.97. The van der Waals surface area contributed by atoms with Crippen LogP contribution in [0.3, 0.4) is 0 Å². The van der Waals surface area contributed by atoms with Crippen molar-refractivity contribution >= 4 is 28.6 Å². The third-order valence-corrected chi connectivity index (χ3v) is 3.44. The zero-order valence-corrected chi connectivity index (χ0v) is 13.6. The number of rotatable bonds is 6. The Hall–Kier alpha value is -3.35. The van der Waals surface area contributed by atoms with Crippen molar-refractivity contribution in [2.45, 2.75) is 6.92 Å². The summed E-state index contributed by atoms with van der Waals surface area (Å²) in [5.41, 5.74) is 2.44. The summed E-state index contributed by atoms with van der Waals surface area (Å²) >= 11 is 0. The standard InChI is InChI=1S/C18H17N3O4/c1-2-24-14-6-4-13(5-7-14)21-17(22)10-25-18(23)12-3-8-15-16(9-12)20-11-19-15/h3-9,11H,2,10H2,1H3,(H,19,20)(H,21,22). The molecule has 2 aromatic carbocycles. The normalized spacial score (nSPS) is 10.4. The third-order valence-electron chi connectivity index (χ3n) is 3.44. The average molecular weight is 339 g/mol. The lowest BCUT2D eigenvalue weighted by Gasteiger charge is -2.08. The monoisotopic (exact) mass is 339 g/mol. The number of aromatic nitrogens is 2. The number of benzene rings is 2. The molecule has 0 radical (unpaired) electrons. The molecule has 0 aliphatic carbocycles. The number of esters is 1. The molecule has 7 nitrogen and oxygen atoms in total. The number of aromatic amines is 1. The number of carbonyl (C=O) groups excluding carboxylic acids is 2. The molecule has 7 heteroatoms. The second-order valence-electron chi connectivity index (χ2n) is 5.22. The van der Waals surface area contributed by atoms with Gasteiger partial charge in [-0.1, -0.05) is 0 Å². The number of ether oxygens (including phenoxy) is 2. The number of hydrogen-bond donors (Lipinski definition) is 2. The molecular weight excluding hydrogens is 322 g/mol.